The molecule has 0 radical (unpaired) electrons. The Morgan fingerprint density at radius 1 is 1.28 bits per heavy atom. The smallest absolute Gasteiger partial charge is 0.337 e. The number of aliphatic hydroxyl groups excluding tert-OH is 1. The Kier molecular flexibility index (Phi) is 3.34. The number of benzene rings is 1. The number of hydrogen-bond donors (Lipinski definition) is 2. The van der Waals surface area contributed by atoms with Crippen LogP contribution < -0.4 is 0 Å². The number of aliphatic carboxylic acids is 1. The van der Waals surface area contributed by atoms with Crippen LogP contribution in [0.15, 0.2) is 42.7 Å². The molecule has 0 bridgehead atoms. The molecule has 1 unspecified atom stereocenters. The monoisotopic (exact) mass is 247 g/mol. The Morgan fingerprint density at radius 3 is 2.67 bits per heavy atom. The summed E-state index contributed by atoms with van der Waals surface area (Å²) in [7, 11) is 0. The number of aliphatic hydroxyl groups is 1. The van der Waals surface area contributed by atoms with Gasteiger partial charge in [0.25, 0.3) is 0 Å². The number of rotatable bonds is 3. The fraction of sp³-hybridized carbons (Fsp3) is 0.0769. The zero-order valence-electron chi connectivity index (χ0n) is 9.25. The normalized spacial score (nSPS) is 12.1. The van der Waals surface area contributed by atoms with E-state index in [9.17, 15) is 14.3 Å². The molecule has 0 spiro atoms. The lowest BCUT2D eigenvalue weighted by atomic mass is 9.96. The topological polar surface area (TPSA) is 70.4 Å². The molecular formula is C13H10FNO3. The van der Waals surface area contributed by atoms with Gasteiger partial charge in [-0.15, -0.1) is 0 Å². The summed E-state index contributed by atoms with van der Waals surface area (Å²) in [6.45, 7) is 0. The molecule has 0 fully saturated rings. The number of carboxylic acids is 1. The van der Waals surface area contributed by atoms with E-state index in [4.69, 9.17) is 5.11 Å². The van der Waals surface area contributed by atoms with E-state index in [1.54, 1.807) is 12.1 Å². The molecule has 2 rings (SSSR count). The molecule has 2 N–H and O–H groups in total. The number of aromatic nitrogens is 1. The molecule has 0 aliphatic carbocycles. The molecule has 1 aromatic heterocycles. The molecule has 0 saturated heterocycles. The standard InChI is InChI=1S/C13H10FNO3/c14-10-5-1-4-9(12(16)13(17)18)11(10)8-3-2-6-15-7-8/h1-7,12,16H,(H,17,18). The molecule has 0 amide bonds. The van der Waals surface area contributed by atoms with Crippen molar-refractivity contribution in [2.45, 2.75) is 6.10 Å². The summed E-state index contributed by atoms with van der Waals surface area (Å²) in [5.74, 6) is -2.02. The zero-order chi connectivity index (χ0) is 13.1. The highest BCUT2D eigenvalue weighted by Gasteiger charge is 2.22. The molecular weight excluding hydrogens is 237 g/mol. The Bertz CT molecular complexity index is 572. The summed E-state index contributed by atoms with van der Waals surface area (Å²) in [6.07, 6.45) is 1.17. The average Bonchev–Trinajstić information content (AvgIpc) is 2.38. The van der Waals surface area contributed by atoms with Crippen molar-refractivity contribution >= 4 is 5.97 Å². The molecule has 1 atom stereocenters. The number of carbonyl (C=O) groups is 1. The number of pyridine rings is 1. The van der Waals surface area contributed by atoms with Crippen LogP contribution in [-0.4, -0.2) is 21.2 Å². The van der Waals surface area contributed by atoms with Crippen molar-refractivity contribution in [1.29, 1.82) is 0 Å². The highest BCUT2D eigenvalue weighted by molar-refractivity contribution is 5.79. The van der Waals surface area contributed by atoms with Gasteiger partial charge in [0.2, 0.25) is 0 Å². The average molecular weight is 247 g/mol. The van der Waals surface area contributed by atoms with Crippen LogP contribution >= 0.6 is 0 Å². The van der Waals surface area contributed by atoms with Crippen molar-refractivity contribution in [2.24, 2.45) is 0 Å². The fourth-order valence-electron chi connectivity index (χ4n) is 1.72. The van der Waals surface area contributed by atoms with Crippen LogP contribution in [0.1, 0.15) is 11.7 Å². The first kappa shape index (κ1) is 12.2. The van der Waals surface area contributed by atoms with E-state index in [0.717, 1.165) is 0 Å². The first-order valence-electron chi connectivity index (χ1n) is 5.21. The highest BCUT2D eigenvalue weighted by atomic mass is 19.1. The minimum absolute atomic E-state index is 0.00972. The van der Waals surface area contributed by atoms with Crippen LogP contribution in [0.25, 0.3) is 11.1 Å². The van der Waals surface area contributed by atoms with Gasteiger partial charge in [-0.25, -0.2) is 9.18 Å². The van der Waals surface area contributed by atoms with Gasteiger partial charge >= 0.3 is 5.97 Å². The Labute approximate surface area is 102 Å². The van der Waals surface area contributed by atoms with Gasteiger partial charge in [-0.1, -0.05) is 18.2 Å². The quantitative estimate of drug-likeness (QED) is 0.870. The summed E-state index contributed by atoms with van der Waals surface area (Å²) in [5, 5.41) is 18.4. The van der Waals surface area contributed by atoms with E-state index >= 15 is 0 Å². The van der Waals surface area contributed by atoms with Crippen LogP contribution in [0.3, 0.4) is 0 Å². The van der Waals surface area contributed by atoms with Gasteiger partial charge in [-0.3, -0.25) is 4.98 Å². The summed E-state index contributed by atoms with van der Waals surface area (Å²) in [6, 6.07) is 7.16. The van der Waals surface area contributed by atoms with Crippen LogP contribution in [0.5, 0.6) is 0 Å². The Hall–Kier alpha value is -2.27. The molecule has 1 heterocycles. The maximum absolute atomic E-state index is 13.8. The predicted octanol–water partition coefficient (Wildman–Crippen LogP) is 2.01. The second-order valence-corrected chi connectivity index (χ2v) is 3.69. The number of hydrogen-bond acceptors (Lipinski definition) is 3. The molecule has 2 aromatic rings. The molecule has 0 aliphatic rings. The first-order valence-corrected chi connectivity index (χ1v) is 5.21. The van der Waals surface area contributed by atoms with Gasteiger partial charge in [-0.2, -0.15) is 0 Å². The Balaban J connectivity index is 2.62. The van der Waals surface area contributed by atoms with E-state index in [-0.39, 0.29) is 11.1 Å². The van der Waals surface area contributed by atoms with Crippen molar-refractivity contribution in [2.75, 3.05) is 0 Å². The zero-order valence-corrected chi connectivity index (χ0v) is 9.25. The molecule has 5 heteroatoms. The van der Waals surface area contributed by atoms with Crippen molar-refractivity contribution < 1.29 is 19.4 Å². The highest BCUT2D eigenvalue weighted by Crippen LogP contribution is 2.30. The van der Waals surface area contributed by atoms with E-state index < -0.39 is 17.9 Å². The number of nitrogens with zero attached hydrogens (tertiary/aromatic N) is 1. The van der Waals surface area contributed by atoms with Gasteiger partial charge in [0, 0.05) is 29.1 Å². The number of carboxylic acid groups (broad SMARTS) is 1. The lowest BCUT2D eigenvalue weighted by Crippen LogP contribution is -2.12. The van der Waals surface area contributed by atoms with Crippen molar-refractivity contribution in [3.8, 4) is 11.1 Å². The summed E-state index contributed by atoms with van der Waals surface area (Å²) < 4.78 is 13.8. The van der Waals surface area contributed by atoms with E-state index in [2.05, 4.69) is 4.98 Å². The lowest BCUT2D eigenvalue weighted by Gasteiger charge is -2.13. The van der Waals surface area contributed by atoms with Gasteiger partial charge in [0.05, 0.1) is 0 Å². The van der Waals surface area contributed by atoms with E-state index in [1.807, 2.05) is 0 Å². The van der Waals surface area contributed by atoms with Gasteiger partial charge in [0.15, 0.2) is 6.10 Å². The molecule has 1 aromatic carbocycles. The lowest BCUT2D eigenvalue weighted by molar-refractivity contribution is -0.146. The summed E-state index contributed by atoms with van der Waals surface area (Å²) in [5.41, 5.74) is 0.488. The SMILES string of the molecule is O=C(O)C(O)c1cccc(F)c1-c1cccnc1. The fourth-order valence-corrected chi connectivity index (χ4v) is 1.72. The van der Waals surface area contributed by atoms with Crippen LogP contribution in [-0.2, 0) is 4.79 Å². The van der Waals surface area contributed by atoms with Gasteiger partial charge < -0.3 is 10.2 Å². The minimum Gasteiger partial charge on any atom is -0.479 e. The largest absolute Gasteiger partial charge is 0.479 e. The van der Waals surface area contributed by atoms with Crippen molar-refractivity contribution in [3.05, 3.63) is 54.1 Å². The van der Waals surface area contributed by atoms with E-state index in [1.165, 1.54) is 30.6 Å². The van der Waals surface area contributed by atoms with Crippen LogP contribution in [0.2, 0.25) is 0 Å². The van der Waals surface area contributed by atoms with Crippen molar-refractivity contribution in [1.82, 2.24) is 4.98 Å². The third kappa shape index (κ3) is 2.21. The third-order valence-corrected chi connectivity index (χ3v) is 2.52. The Morgan fingerprint density at radius 2 is 2.06 bits per heavy atom. The van der Waals surface area contributed by atoms with E-state index in [0.29, 0.717) is 5.56 Å². The predicted molar refractivity (Wildman–Crippen MR) is 62.2 cm³/mol. The first-order chi connectivity index (χ1) is 8.61. The second-order valence-electron chi connectivity index (χ2n) is 3.69. The van der Waals surface area contributed by atoms with Gasteiger partial charge in [-0.05, 0) is 12.1 Å². The molecule has 18 heavy (non-hydrogen) atoms. The van der Waals surface area contributed by atoms with Crippen LogP contribution in [0, 0.1) is 5.82 Å². The third-order valence-electron chi connectivity index (χ3n) is 2.52. The van der Waals surface area contributed by atoms with Gasteiger partial charge in [0.1, 0.15) is 5.82 Å². The summed E-state index contributed by atoms with van der Waals surface area (Å²) in [4.78, 5) is 14.7. The molecule has 92 valence electrons. The maximum Gasteiger partial charge on any atom is 0.337 e. The molecule has 4 nitrogen and oxygen atoms in total. The van der Waals surface area contributed by atoms with Crippen LogP contribution in [0.4, 0.5) is 4.39 Å². The molecule has 0 saturated carbocycles. The minimum atomic E-state index is -1.77. The summed E-state index contributed by atoms with van der Waals surface area (Å²) >= 11 is 0. The second kappa shape index (κ2) is 4.93. The maximum atomic E-state index is 13.8. The van der Waals surface area contributed by atoms with Crippen molar-refractivity contribution in [3.63, 3.8) is 0 Å². The molecule has 0 aliphatic heterocycles. The number of halogens is 1.